The zero-order valence-corrected chi connectivity index (χ0v) is 22.9. The van der Waals surface area contributed by atoms with Gasteiger partial charge in [0.15, 0.2) is 0 Å². The highest BCUT2D eigenvalue weighted by atomic mass is 32.2. The number of anilines is 2. The number of carbonyl (C=O) groups is 1. The first-order valence-corrected chi connectivity index (χ1v) is 14.4. The summed E-state index contributed by atoms with van der Waals surface area (Å²) >= 11 is 0. The van der Waals surface area contributed by atoms with Crippen molar-refractivity contribution in [3.63, 3.8) is 0 Å². The molecule has 1 heterocycles. The van der Waals surface area contributed by atoms with Gasteiger partial charge in [0.05, 0.1) is 5.69 Å². The lowest BCUT2D eigenvalue weighted by Gasteiger charge is -2.33. The second-order valence-corrected chi connectivity index (χ2v) is 11.6. The molecule has 0 spiro atoms. The fourth-order valence-electron chi connectivity index (χ4n) is 4.65. The number of benzene rings is 3. The third kappa shape index (κ3) is 7.30. The molecular formula is C28H32F2N4O6S. The SMILES string of the molecule is NC(=O)N(c1ccccc1S(=O)(=O)N1CCC(CNC[C@H](O)COc2ccc(O)cc2)CC1)c1c(F)cccc1F. The highest BCUT2D eigenvalue weighted by Gasteiger charge is 2.34. The number of aliphatic hydroxyl groups excluding tert-OH is 1. The molecule has 13 heteroatoms. The number of amides is 2. The molecule has 1 aliphatic heterocycles. The predicted molar refractivity (Wildman–Crippen MR) is 148 cm³/mol. The van der Waals surface area contributed by atoms with Crippen LogP contribution in [0.5, 0.6) is 11.5 Å². The number of phenolic OH excluding ortho intramolecular Hbond substituents is 1. The lowest BCUT2D eigenvalue weighted by molar-refractivity contribution is 0.104. The molecule has 1 aliphatic rings. The van der Waals surface area contributed by atoms with Crippen LogP contribution in [0.4, 0.5) is 25.0 Å². The van der Waals surface area contributed by atoms with E-state index in [0.29, 0.717) is 30.0 Å². The van der Waals surface area contributed by atoms with Gasteiger partial charge in [-0.2, -0.15) is 4.31 Å². The highest BCUT2D eigenvalue weighted by molar-refractivity contribution is 7.89. The Morgan fingerprint density at radius 2 is 1.68 bits per heavy atom. The van der Waals surface area contributed by atoms with Crippen molar-refractivity contribution >= 4 is 27.4 Å². The number of ether oxygens (including phenoxy) is 1. The molecule has 1 saturated heterocycles. The molecule has 0 aliphatic carbocycles. The average molecular weight is 591 g/mol. The summed E-state index contributed by atoms with van der Waals surface area (Å²) in [5.74, 6) is -1.34. The molecule has 0 bridgehead atoms. The molecular weight excluding hydrogens is 558 g/mol. The second-order valence-electron chi connectivity index (χ2n) is 9.68. The van der Waals surface area contributed by atoms with Crippen LogP contribution in [0.3, 0.4) is 0 Å². The van der Waals surface area contributed by atoms with Gasteiger partial charge >= 0.3 is 6.03 Å². The summed E-state index contributed by atoms with van der Waals surface area (Å²) in [6, 6.07) is 13.4. The minimum absolute atomic E-state index is 0.0625. The Labute approximate surface area is 237 Å². The van der Waals surface area contributed by atoms with Gasteiger partial charge in [-0.3, -0.25) is 4.90 Å². The van der Waals surface area contributed by atoms with Crippen molar-refractivity contribution in [2.45, 2.75) is 23.8 Å². The van der Waals surface area contributed by atoms with Crippen molar-refractivity contribution in [2.24, 2.45) is 11.7 Å². The molecule has 5 N–H and O–H groups in total. The van der Waals surface area contributed by atoms with Crippen LogP contribution in [-0.2, 0) is 10.0 Å². The fourth-order valence-corrected chi connectivity index (χ4v) is 6.30. The van der Waals surface area contributed by atoms with Crippen LogP contribution >= 0.6 is 0 Å². The lowest BCUT2D eigenvalue weighted by Crippen LogP contribution is -2.42. The van der Waals surface area contributed by atoms with Crippen molar-refractivity contribution in [3.05, 3.63) is 78.4 Å². The quantitative estimate of drug-likeness (QED) is 0.268. The summed E-state index contributed by atoms with van der Waals surface area (Å²) in [5.41, 5.74) is 4.46. The van der Waals surface area contributed by atoms with Gasteiger partial charge in [-0.05, 0) is 73.8 Å². The van der Waals surface area contributed by atoms with E-state index in [2.05, 4.69) is 5.32 Å². The number of para-hydroxylation sites is 2. The summed E-state index contributed by atoms with van der Waals surface area (Å²) in [6.07, 6.45) is 0.305. The van der Waals surface area contributed by atoms with Gasteiger partial charge in [-0.1, -0.05) is 18.2 Å². The number of urea groups is 1. The molecule has 10 nitrogen and oxygen atoms in total. The number of halogens is 2. The first-order chi connectivity index (χ1) is 19.6. The fraction of sp³-hybridized carbons (Fsp3) is 0.321. The zero-order valence-electron chi connectivity index (χ0n) is 22.1. The summed E-state index contributed by atoms with van der Waals surface area (Å²) in [7, 11) is -4.15. The topological polar surface area (TPSA) is 145 Å². The molecule has 0 unspecified atom stereocenters. The molecule has 0 radical (unpaired) electrons. The number of hydrogen-bond acceptors (Lipinski definition) is 7. The van der Waals surface area contributed by atoms with Crippen molar-refractivity contribution in [1.82, 2.24) is 9.62 Å². The van der Waals surface area contributed by atoms with Gasteiger partial charge in [0.25, 0.3) is 0 Å². The maximum Gasteiger partial charge on any atom is 0.324 e. The third-order valence-electron chi connectivity index (χ3n) is 6.77. The van der Waals surface area contributed by atoms with E-state index in [9.17, 15) is 32.2 Å². The predicted octanol–water partition coefficient (Wildman–Crippen LogP) is 3.32. The Kier molecular flexibility index (Phi) is 9.76. The normalized spacial score (nSPS) is 15.4. The molecule has 3 aromatic carbocycles. The van der Waals surface area contributed by atoms with E-state index < -0.39 is 39.5 Å². The number of carbonyl (C=O) groups excluding carboxylic acids is 1. The van der Waals surface area contributed by atoms with E-state index in [4.69, 9.17) is 10.5 Å². The van der Waals surface area contributed by atoms with Crippen LogP contribution in [0.1, 0.15) is 12.8 Å². The van der Waals surface area contributed by atoms with E-state index in [1.807, 2.05) is 0 Å². The minimum atomic E-state index is -4.15. The monoisotopic (exact) mass is 590 g/mol. The first-order valence-electron chi connectivity index (χ1n) is 13.0. The molecule has 41 heavy (non-hydrogen) atoms. The first kappa shape index (κ1) is 30.2. The Bertz CT molecular complexity index is 1430. The minimum Gasteiger partial charge on any atom is -0.508 e. The van der Waals surface area contributed by atoms with Gasteiger partial charge in [-0.15, -0.1) is 0 Å². The summed E-state index contributed by atoms with van der Waals surface area (Å²) < 4.78 is 63.2. The standard InChI is InChI=1S/C28H32F2N4O6S/c29-23-4-3-5-24(30)27(23)34(28(31)37)25-6-1-2-7-26(25)41(38,39)33-14-12-19(13-15-33)16-32-17-21(36)18-40-22-10-8-20(35)9-11-22/h1-11,19,21,32,35-36H,12-18H2,(H2,31,37)/t21-/m0/s1. The van der Waals surface area contributed by atoms with E-state index in [-0.39, 0.29) is 48.5 Å². The van der Waals surface area contributed by atoms with Crippen molar-refractivity contribution in [2.75, 3.05) is 37.7 Å². The van der Waals surface area contributed by atoms with Crippen LogP contribution < -0.4 is 20.7 Å². The number of nitrogens with two attached hydrogens (primary N) is 1. The van der Waals surface area contributed by atoms with Crippen molar-refractivity contribution in [1.29, 1.82) is 0 Å². The van der Waals surface area contributed by atoms with Crippen molar-refractivity contribution < 1.29 is 36.9 Å². The third-order valence-corrected chi connectivity index (χ3v) is 8.72. The molecule has 3 aromatic rings. The van der Waals surface area contributed by atoms with E-state index in [1.165, 1.54) is 40.7 Å². The van der Waals surface area contributed by atoms with Gasteiger partial charge in [0, 0.05) is 19.6 Å². The number of rotatable bonds is 11. The second kappa shape index (κ2) is 13.3. The molecule has 220 valence electrons. The molecule has 1 atom stereocenters. The summed E-state index contributed by atoms with van der Waals surface area (Å²) in [5, 5.41) is 22.7. The Morgan fingerprint density at radius 1 is 1.05 bits per heavy atom. The summed E-state index contributed by atoms with van der Waals surface area (Å²) in [4.78, 5) is 12.6. The van der Waals surface area contributed by atoms with Crippen LogP contribution in [0, 0.1) is 17.6 Å². The van der Waals surface area contributed by atoms with Gasteiger partial charge in [0.2, 0.25) is 10.0 Å². The van der Waals surface area contributed by atoms with Crippen LogP contribution in [0.25, 0.3) is 0 Å². The molecule has 2 amide bonds. The maximum atomic E-state index is 14.6. The number of hydrogen-bond donors (Lipinski definition) is 4. The van der Waals surface area contributed by atoms with Crippen LogP contribution in [-0.4, -0.2) is 67.9 Å². The van der Waals surface area contributed by atoms with Crippen LogP contribution in [0.15, 0.2) is 71.6 Å². The lowest BCUT2D eigenvalue weighted by atomic mass is 9.98. The van der Waals surface area contributed by atoms with E-state index >= 15 is 0 Å². The van der Waals surface area contributed by atoms with E-state index in [0.717, 1.165) is 18.2 Å². The molecule has 1 fully saturated rings. The number of phenols is 1. The van der Waals surface area contributed by atoms with Gasteiger partial charge in [0.1, 0.15) is 46.4 Å². The van der Waals surface area contributed by atoms with E-state index in [1.54, 1.807) is 12.1 Å². The van der Waals surface area contributed by atoms with Crippen LogP contribution in [0.2, 0.25) is 0 Å². The smallest absolute Gasteiger partial charge is 0.324 e. The highest BCUT2D eigenvalue weighted by Crippen LogP contribution is 2.36. The zero-order chi connectivity index (χ0) is 29.6. The number of nitrogens with zero attached hydrogens (tertiary/aromatic N) is 2. The Morgan fingerprint density at radius 3 is 2.32 bits per heavy atom. The van der Waals surface area contributed by atoms with Gasteiger partial charge in [-0.25, -0.2) is 22.0 Å². The Hall–Kier alpha value is -3.78. The number of piperidine rings is 1. The van der Waals surface area contributed by atoms with Gasteiger partial charge < -0.3 is 26.0 Å². The largest absolute Gasteiger partial charge is 0.508 e. The average Bonchev–Trinajstić information content (AvgIpc) is 2.95. The maximum absolute atomic E-state index is 14.6. The number of aromatic hydroxyl groups is 1. The molecule has 4 rings (SSSR count). The number of nitrogens with one attached hydrogen (secondary N) is 1. The number of sulfonamides is 1. The van der Waals surface area contributed by atoms with Crippen molar-refractivity contribution in [3.8, 4) is 11.5 Å². The Balaban J connectivity index is 1.36. The number of aliphatic hydroxyl groups is 1. The molecule has 0 saturated carbocycles. The number of primary amides is 1. The summed E-state index contributed by atoms with van der Waals surface area (Å²) in [6.45, 7) is 1.29. The molecule has 0 aromatic heterocycles.